The SMILES string of the molecule is CC(C)[C@@H]1NC(=O)[C@@H](NC(=O)[C@H](Cc2ccc(O)cc2)NC(=O)CN(C(=O)CCN)C2CCCC2)CSSC[C@@H](C(N)=O)NC(=O)[C@H](CCC(=O)O)NC(=O)[C@H](Cc2c[nH]c3ccccc23)NC(=O)[C@H](CCC(N)=O)NC(=O)CCNC(=O)[C@H](CCCN=C(N)N)NC(=O)[C@H](Cc2ccccc2Cl)NC1=O. The first-order valence-electron chi connectivity index (χ1n) is 34.6. The van der Waals surface area contributed by atoms with Crippen LogP contribution in [0.25, 0.3) is 10.9 Å². The van der Waals surface area contributed by atoms with Gasteiger partial charge in [-0.05, 0) is 85.4 Å². The Morgan fingerprint density at radius 2 is 1.26 bits per heavy atom. The molecule has 0 unspecified atom stereocenters. The van der Waals surface area contributed by atoms with Crippen LogP contribution in [0.3, 0.4) is 0 Å². The monoisotopic (exact) mass is 1530 g/mol. The summed E-state index contributed by atoms with van der Waals surface area (Å²) in [6.07, 6.45) is 0.808. The number of aromatic nitrogens is 1. The van der Waals surface area contributed by atoms with E-state index in [2.05, 4.69) is 63.1 Å². The van der Waals surface area contributed by atoms with E-state index in [1.807, 2.05) is 0 Å². The van der Waals surface area contributed by atoms with E-state index >= 15 is 4.79 Å². The van der Waals surface area contributed by atoms with Crippen LogP contribution in [0.4, 0.5) is 0 Å². The van der Waals surface area contributed by atoms with Gasteiger partial charge in [-0.15, -0.1) is 0 Å². The van der Waals surface area contributed by atoms with E-state index in [0.717, 1.165) is 34.4 Å². The number of carboxylic acids is 1. The summed E-state index contributed by atoms with van der Waals surface area (Å²) in [6.45, 7) is 2.24. The Bertz CT molecular complexity index is 3800. The van der Waals surface area contributed by atoms with E-state index in [4.69, 9.17) is 40.3 Å². The summed E-state index contributed by atoms with van der Waals surface area (Å²) in [6, 6.07) is 4.53. The molecule has 1 aromatic heterocycles. The number of primary amides is 2. The Morgan fingerprint density at radius 3 is 1.91 bits per heavy atom. The molecule has 2 fully saturated rings. The number of phenols is 1. The van der Waals surface area contributed by atoms with Gasteiger partial charge in [-0.1, -0.05) is 108 Å². The maximum atomic E-state index is 15.1. The molecule has 37 heteroatoms. The number of halogens is 1. The predicted molar refractivity (Wildman–Crippen MR) is 396 cm³/mol. The highest BCUT2D eigenvalue weighted by Gasteiger charge is 2.38. The molecule has 2 aliphatic rings. The third kappa shape index (κ3) is 27.7. The molecule has 34 nitrogen and oxygen atoms in total. The minimum Gasteiger partial charge on any atom is -0.508 e. The van der Waals surface area contributed by atoms with E-state index in [9.17, 15) is 72.5 Å². The first-order chi connectivity index (χ1) is 50.5. The molecule has 0 spiro atoms. The lowest BCUT2D eigenvalue weighted by Crippen LogP contribution is -2.61. The molecule has 9 atom stereocenters. The second-order valence-corrected chi connectivity index (χ2v) is 28.9. The molecule has 576 valence electrons. The second kappa shape index (κ2) is 42.7. The lowest BCUT2D eigenvalue weighted by molar-refractivity contribution is -0.139. The minimum absolute atomic E-state index is 0.00962. The zero-order valence-electron chi connectivity index (χ0n) is 58.8. The van der Waals surface area contributed by atoms with Crippen LogP contribution in [0.15, 0.2) is 84.0 Å². The highest BCUT2D eigenvalue weighted by molar-refractivity contribution is 8.76. The van der Waals surface area contributed by atoms with Gasteiger partial charge in [0.1, 0.15) is 60.1 Å². The molecule has 2 heterocycles. The zero-order chi connectivity index (χ0) is 77.6. The van der Waals surface area contributed by atoms with Gasteiger partial charge in [0.2, 0.25) is 76.8 Å². The Morgan fingerprint density at radius 1 is 0.670 bits per heavy atom. The van der Waals surface area contributed by atoms with Crippen molar-refractivity contribution in [3.05, 3.63) is 101 Å². The molecule has 1 saturated carbocycles. The molecule has 1 aliphatic heterocycles. The molecular weight excluding hydrogens is 1440 g/mol. The number of phenolic OH excluding ortho intramolecular Hbond substituents is 1. The number of carboxylic acid groups (broad SMARTS) is 1. The summed E-state index contributed by atoms with van der Waals surface area (Å²) < 4.78 is 0. The number of nitrogens with two attached hydrogens (primary N) is 5. The number of para-hydroxylation sites is 1. The van der Waals surface area contributed by atoms with Gasteiger partial charge >= 0.3 is 5.97 Å². The lowest BCUT2D eigenvalue weighted by Gasteiger charge is -2.30. The van der Waals surface area contributed by atoms with Crippen LogP contribution >= 0.6 is 33.2 Å². The van der Waals surface area contributed by atoms with Crippen LogP contribution < -0.4 is 81.8 Å². The highest BCUT2D eigenvalue weighted by Crippen LogP contribution is 2.27. The maximum absolute atomic E-state index is 15.1. The Kier molecular flexibility index (Phi) is 34.1. The number of rotatable bonds is 26. The number of nitrogens with zero attached hydrogens (tertiary/aromatic N) is 2. The normalized spacial score (nSPS) is 21.4. The van der Waals surface area contributed by atoms with Crippen molar-refractivity contribution in [1.82, 2.24) is 63.1 Å². The molecule has 1 aliphatic carbocycles. The van der Waals surface area contributed by atoms with Gasteiger partial charge in [-0.25, -0.2) is 0 Å². The largest absolute Gasteiger partial charge is 0.508 e. The van der Waals surface area contributed by atoms with E-state index < -0.39 is 194 Å². The Hall–Kier alpha value is -10.2. The molecule has 106 heavy (non-hydrogen) atoms. The molecular formula is C69H95ClN18O16S2. The van der Waals surface area contributed by atoms with Crippen molar-refractivity contribution in [1.29, 1.82) is 0 Å². The van der Waals surface area contributed by atoms with Gasteiger partial charge < -0.3 is 102 Å². The number of nitrogens with one attached hydrogen (secondary N) is 11. The first kappa shape index (κ1) is 84.7. The van der Waals surface area contributed by atoms with Gasteiger partial charge in [0.15, 0.2) is 5.96 Å². The number of guanidine groups is 1. The van der Waals surface area contributed by atoms with Crippen molar-refractivity contribution >= 4 is 133 Å². The Balaban J connectivity index is 1.42. The molecule has 6 rings (SSSR count). The number of benzene rings is 3. The van der Waals surface area contributed by atoms with Crippen molar-refractivity contribution in [3.63, 3.8) is 0 Å². The van der Waals surface area contributed by atoms with E-state index in [-0.39, 0.29) is 80.3 Å². The number of fused-ring (bicyclic) bond motifs is 1. The summed E-state index contributed by atoms with van der Waals surface area (Å²) in [5.74, 6) is -15.2. The fraction of sp³-hybridized carbons (Fsp3) is 0.493. The number of carbonyl (C=O) groups is 14. The maximum Gasteiger partial charge on any atom is 0.303 e. The predicted octanol–water partition coefficient (Wildman–Crippen LogP) is -1.74. The number of carbonyl (C=O) groups excluding carboxylic acids is 13. The fourth-order valence-corrected chi connectivity index (χ4v) is 14.3. The summed E-state index contributed by atoms with van der Waals surface area (Å²) in [5.41, 5.74) is 30.2. The molecule has 4 aromatic rings. The molecule has 1 saturated heterocycles. The molecule has 0 radical (unpaired) electrons. The number of aliphatic carboxylic acids is 1. The van der Waals surface area contributed by atoms with E-state index in [1.165, 1.54) is 35.2 Å². The van der Waals surface area contributed by atoms with Gasteiger partial charge in [0.25, 0.3) is 0 Å². The highest BCUT2D eigenvalue weighted by atomic mass is 35.5. The quantitative estimate of drug-likeness (QED) is 0.0144. The summed E-state index contributed by atoms with van der Waals surface area (Å²) in [7, 11) is 1.71. The van der Waals surface area contributed by atoms with Crippen LogP contribution in [0.5, 0.6) is 5.75 Å². The van der Waals surface area contributed by atoms with Crippen LogP contribution in [-0.4, -0.2) is 207 Å². The van der Waals surface area contributed by atoms with Crippen LogP contribution in [-0.2, 0) is 86.4 Å². The fourth-order valence-electron chi connectivity index (χ4n) is 11.8. The summed E-state index contributed by atoms with van der Waals surface area (Å²) in [5, 5.41) is 47.0. The van der Waals surface area contributed by atoms with Crippen molar-refractivity contribution in [3.8, 4) is 5.75 Å². The molecule has 23 N–H and O–H groups in total. The topological polar surface area (TPSA) is 561 Å². The van der Waals surface area contributed by atoms with Crippen molar-refractivity contribution in [2.24, 2.45) is 39.6 Å². The number of amides is 13. The number of hydrogen-bond acceptors (Lipinski definition) is 19. The molecule has 13 amide bonds. The van der Waals surface area contributed by atoms with Gasteiger partial charge in [0, 0.05) is 104 Å². The third-order valence-electron chi connectivity index (χ3n) is 17.5. The lowest BCUT2D eigenvalue weighted by atomic mass is 10.00. The summed E-state index contributed by atoms with van der Waals surface area (Å²) in [4.78, 5) is 205. The summed E-state index contributed by atoms with van der Waals surface area (Å²) >= 11 is 6.64. The van der Waals surface area contributed by atoms with Crippen molar-refractivity contribution < 1.29 is 77.3 Å². The van der Waals surface area contributed by atoms with Gasteiger partial charge in [0.05, 0.1) is 6.54 Å². The van der Waals surface area contributed by atoms with Crippen molar-refractivity contribution in [2.75, 3.05) is 37.7 Å². The van der Waals surface area contributed by atoms with Gasteiger partial charge in [-0.3, -0.25) is 72.1 Å². The number of aromatic hydroxyl groups is 1. The smallest absolute Gasteiger partial charge is 0.303 e. The van der Waals surface area contributed by atoms with Crippen LogP contribution in [0.1, 0.15) is 108 Å². The second-order valence-electron chi connectivity index (χ2n) is 26.0. The molecule has 0 bridgehead atoms. The minimum atomic E-state index is -1.74. The third-order valence-corrected chi connectivity index (χ3v) is 20.3. The number of aromatic amines is 1. The van der Waals surface area contributed by atoms with Crippen molar-refractivity contribution in [2.45, 2.75) is 171 Å². The number of aliphatic imine (C=N–C) groups is 1. The average molecular weight is 1530 g/mol. The van der Waals surface area contributed by atoms with Crippen LogP contribution in [0, 0.1) is 5.92 Å². The molecule has 3 aromatic carbocycles. The standard InChI is InChI=1S/C69H95ClN18O16S2/c1-37(2)59-68(104)84-50(31-39-10-3-7-14-44(39)70)65(101)81-46(16-9-28-77-69(74)75)61(97)76-29-26-55(91)79-47(21-23-54(72)90)62(98)83-51(32-40-33-78-45-15-8-6-13-43(40)45)66(102)82-48(22-24-58(94)95)63(99)85-52(60(73)96)35-105-106-36-53(67(103)87-59)86-64(100)49(30-38-17-19-42(89)20-18-38)80-56(92)34-88(57(93)25-27-71)41-11-4-5-12-41/h3,6-8,10,13-15,17-20,33,37,41,46-53,59,78,89H,4-5,9,11-12,16,21-32,34-36,71H2,1-2H3,(H2,72,90)(H2,73,96)(H,76,97)(H,79,91)(H,80,92)(H,81,101)(H,82,102)(H,83,98)(H,84,104)(H,85,99)(H,86,100)(H,87,103)(H,94,95)(H4,74,75,77)/t46-,47-,48-,49-,50-,51-,52-,53-,59-/m0/s1. The number of H-pyrrole nitrogens is 1. The average Bonchev–Trinajstić information content (AvgIpc) is 1.65. The van der Waals surface area contributed by atoms with Crippen LogP contribution in [0.2, 0.25) is 5.02 Å². The van der Waals surface area contributed by atoms with E-state index in [0.29, 0.717) is 40.4 Å². The first-order valence-corrected chi connectivity index (χ1v) is 37.5. The zero-order valence-corrected chi connectivity index (χ0v) is 61.2. The van der Waals surface area contributed by atoms with E-state index in [1.54, 1.807) is 62.5 Å². The number of hydrogen-bond donors (Lipinski definition) is 18. The Labute approximate surface area is 624 Å². The van der Waals surface area contributed by atoms with Gasteiger partial charge in [-0.2, -0.15) is 0 Å².